The van der Waals surface area contributed by atoms with E-state index in [0.717, 1.165) is 12.8 Å². The van der Waals surface area contributed by atoms with Gasteiger partial charge in [-0.3, -0.25) is 4.99 Å². The van der Waals surface area contributed by atoms with Gasteiger partial charge in [0, 0.05) is 12.3 Å². The lowest BCUT2D eigenvalue weighted by atomic mass is 9.99. The average molecular weight is 157 g/mol. The number of hydrogen-bond donors (Lipinski definition) is 1. The molecule has 2 heteroatoms. The Morgan fingerprint density at radius 1 is 1.36 bits per heavy atom. The van der Waals surface area contributed by atoms with Crippen LogP contribution in [0.4, 0.5) is 0 Å². The topological polar surface area (TPSA) is 32.6 Å². The van der Waals surface area contributed by atoms with Crippen molar-refractivity contribution in [2.24, 2.45) is 4.99 Å². The monoisotopic (exact) mass is 157 g/mol. The summed E-state index contributed by atoms with van der Waals surface area (Å²) < 4.78 is 0. The van der Waals surface area contributed by atoms with Crippen molar-refractivity contribution >= 4 is 6.21 Å². The van der Waals surface area contributed by atoms with Gasteiger partial charge < -0.3 is 5.11 Å². The molecule has 0 unspecified atom stereocenters. The largest absolute Gasteiger partial charge is 0.384 e. The van der Waals surface area contributed by atoms with Crippen LogP contribution >= 0.6 is 0 Å². The van der Waals surface area contributed by atoms with Crippen molar-refractivity contribution in [1.82, 2.24) is 0 Å². The Balaban J connectivity index is 4.06. The lowest BCUT2D eigenvalue weighted by Crippen LogP contribution is -2.28. The summed E-state index contributed by atoms with van der Waals surface area (Å²) in [5, 5.41) is 9.73. The molecule has 2 nitrogen and oxygen atoms in total. The van der Waals surface area contributed by atoms with Crippen LogP contribution in [0.25, 0.3) is 0 Å². The second kappa shape index (κ2) is 4.50. The van der Waals surface area contributed by atoms with Crippen molar-refractivity contribution in [3.63, 3.8) is 0 Å². The first-order chi connectivity index (χ1) is 5.04. The minimum absolute atomic E-state index is 0.277. The van der Waals surface area contributed by atoms with Gasteiger partial charge >= 0.3 is 0 Å². The molecule has 66 valence electrons. The predicted molar refractivity (Wildman–Crippen MR) is 49.2 cm³/mol. The molecule has 0 spiro atoms. The zero-order chi connectivity index (χ0) is 8.91. The predicted octanol–water partition coefficient (Wildman–Crippen LogP) is 2.02. The van der Waals surface area contributed by atoms with Gasteiger partial charge in [0.15, 0.2) is 0 Å². The van der Waals surface area contributed by atoms with Crippen LogP contribution in [-0.4, -0.2) is 23.0 Å². The summed E-state index contributed by atoms with van der Waals surface area (Å²) in [6.07, 6.45) is 3.15. The van der Waals surface area contributed by atoms with Gasteiger partial charge in [0.05, 0.1) is 5.60 Å². The molecular formula is C9H19NO. The molecule has 0 aromatic rings. The van der Waals surface area contributed by atoms with Gasteiger partial charge in [0.2, 0.25) is 0 Å². The van der Waals surface area contributed by atoms with Crippen LogP contribution in [-0.2, 0) is 0 Å². The van der Waals surface area contributed by atoms with E-state index in [0.29, 0.717) is 0 Å². The molecule has 0 aliphatic rings. The Labute approximate surface area is 69.3 Å². The summed E-state index contributed by atoms with van der Waals surface area (Å²) in [5.74, 6) is 0. The van der Waals surface area contributed by atoms with Crippen molar-refractivity contribution < 1.29 is 5.11 Å². The van der Waals surface area contributed by atoms with E-state index in [1.807, 2.05) is 27.7 Å². The van der Waals surface area contributed by atoms with E-state index in [1.54, 1.807) is 6.21 Å². The van der Waals surface area contributed by atoms with Crippen LogP contribution in [0.15, 0.2) is 4.99 Å². The first-order valence-corrected chi connectivity index (χ1v) is 4.30. The van der Waals surface area contributed by atoms with Gasteiger partial charge in [-0.2, -0.15) is 0 Å². The third-order valence-electron chi connectivity index (χ3n) is 1.84. The summed E-state index contributed by atoms with van der Waals surface area (Å²) in [7, 11) is 0. The summed E-state index contributed by atoms with van der Waals surface area (Å²) >= 11 is 0. The summed E-state index contributed by atoms with van der Waals surface area (Å²) in [6, 6.07) is 0.277. The van der Waals surface area contributed by atoms with E-state index in [2.05, 4.69) is 4.99 Å². The molecule has 0 rings (SSSR count). The average Bonchev–Trinajstić information content (AvgIpc) is 2.00. The maximum atomic E-state index is 9.73. The normalized spacial score (nSPS) is 13.3. The molecule has 0 aromatic heterocycles. The Morgan fingerprint density at radius 2 is 1.82 bits per heavy atom. The number of nitrogens with zero attached hydrogens (tertiary/aromatic N) is 1. The van der Waals surface area contributed by atoms with Crippen molar-refractivity contribution in [1.29, 1.82) is 0 Å². The highest BCUT2D eigenvalue weighted by molar-refractivity contribution is 5.68. The second-order valence-electron chi connectivity index (χ2n) is 3.18. The van der Waals surface area contributed by atoms with Crippen molar-refractivity contribution in [3.8, 4) is 0 Å². The van der Waals surface area contributed by atoms with E-state index >= 15 is 0 Å². The maximum Gasteiger partial charge on any atom is 0.0987 e. The Bertz CT molecular complexity index is 126. The number of hydrogen-bond acceptors (Lipinski definition) is 2. The lowest BCUT2D eigenvalue weighted by molar-refractivity contribution is 0.108. The molecule has 0 saturated carbocycles. The zero-order valence-electron chi connectivity index (χ0n) is 7.96. The molecule has 0 atom stereocenters. The van der Waals surface area contributed by atoms with Crippen LogP contribution in [0, 0.1) is 0 Å². The SMILES string of the molecule is CCC(O)(/C=N/C(C)C)CC. The van der Waals surface area contributed by atoms with Gasteiger partial charge in [-0.05, 0) is 26.7 Å². The molecule has 0 radical (unpaired) electrons. The minimum Gasteiger partial charge on any atom is -0.384 e. The second-order valence-corrected chi connectivity index (χ2v) is 3.18. The van der Waals surface area contributed by atoms with Gasteiger partial charge in [-0.15, -0.1) is 0 Å². The van der Waals surface area contributed by atoms with Crippen LogP contribution in [0.3, 0.4) is 0 Å². The van der Waals surface area contributed by atoms with Gasteiger partial charge in [0.25, 0.3) is 0 Å². The van der Waals surface area contributed by atoms with Gasteiger partial charge in [-0.25, -0.2) is 0 Å². The third kappa shape index (κ3) is 4.14. The highest BCUT2D eigenvalue weighted by atomic mass is 16.3. The summed E-state index contributed by atoms with van der Waals surface area (Å²) in [5.41, 5.74) is -0.676. The first-order valence-electron chi connectivity index (χ1n) is 4.30. The van der Waals surface area contributed by atoms with Crippen molar-refractivity contribution in [2.45, 2.75) is 52.2 Å². The molecule has 0 saturated heterocycles. The fraction of sp³-hybridized carbons (Fsp3) is 0.889. The summed E-state index contributed by atoms with van der Waals surface area (Å²) in [6.45, 7) is 7.94. The molecule has 0 bridgehead atoms. The molecular weight excluding hydrogens is 138 g/mol. The highest BCUT2D eigenvalue weighted by Gasteiger charge is 2.18. The number of aliphatic imine (C=N–C) groups is 1. The first kappa shape index (κ1) is 10.6. The fourth-order valence-corrected chi connectivity index (χ4v) is 0.720. The number of rotatable bonds is 4. The van der Waals surface area contributed by atoms with Crippen LogP contribution in [0.5, 0.6) is 0 Å². The molecule has 11 heavy (non-hydrogen) atoms. The highest BCUT2D eigenvalue weighted by Crippen LogP contribution is 2.11. The van der Waals surface area contributed by atoms with E-state index < -0.39 is 5.60 Å². The van der Waals surface area contributed by atoms with Crippen LogP contribution < -0.4 is 0 Å². The third-order valence-corrected chi connectivity index (χ3v) is 1.84. The molecule has 0 aromatic carbocycles. The van der Waals surface area contributed by atoms with E-state index in [1.165, 1.54) is 0 Å². The smallest absolute Gasteiger partial charge is 0.0987 e. The Hall–Kier alpha value is -0.370. The molecule has 0 amide bonds. The van der Waals surface area contributed by atoms with Gasteiger partial charge in [0.1, 0.15) is 0 Å². The summed E-state index contributed by atoms with van der Waals surface area (Å²) in [4.78, 5) is 4.16. The molecule has 0 aliphatic carbocycles. The van der Waals surface area contributed by atoms with Crippen LogP contribution in [0.1, 0.15) is 40.5 Å². The van der Waals surface area contributed by atoms with Gasteiger partial charge in [-0.1, -0.05) is 13.8 Å². The molecule has 1 N–H and O–H groups in total. The van der Waals surface area contributed by atoms with E-state index in [4.69, 9.17) is 0 Å². The molecule has 0 aliphatic heterocycles. The Morgan fingerprint density at radius 3 is 2.09 bits per heavy atom. The van der Waals surface area contributed by atoms with Crippen LogP contribution in [0.2, 0.25) is 0 Å². The Kier molecular flexibility index (Phi) is 4.34. The van der Waals surface area contributed by atoms with E-state index in [-0.39, 0.29) is 6.04 Å². The molecule has 0 fully saturated rings. The standard InChI is InChI=1S/C9H19NO/c1-5-9(11,6-2)7-10-8(3)4/h7-8,11H,5-6H2,1-4H3/b10-7+. The minimum atomic E-state index is -0.676. The van der Waals surface area contributed by atoms with Crippen molar-refractivity contribution in [3.05, 3.63) is 0 Å². The fourth-order valence-electron chi connectivity index (χ4n) is 0.720. The number of aliphatic hydroxyl groups is 1. The molecule has 0 heterocycles. The zero-order valence-corrected chi connectivity index (χ0v) is 7.96. The van der Waals surface area contributed by atoms with Crippen molar-refractivity contribution in [2.75, 3.05) is 0 Å². The quantitative estimate of drug-likeness (QED) is 0.622. The maximum absolute atomic E-state index is 9.73. The van der Waals surface area contributed by atoms with E-state index in [9.17, 15) is 5.11 Å². The lowest BCUT2D eigenvalue weighted by Gasteiger charge is -2.19.